The predicted octanol–water partition coefficient (Wildman–Crippen LogP) is 2.33. The van der Waals surface area contributed by atoms with E-state index < -0.39 is 30.1 Å². The van der Waals surface area contributed by atoms with E-state index in [1.54, 1.807) is 24.3 Å². The second-order valence-electron chi connectivity index (χ2n) is 7.66. The summed E-state index contributed by atoms with van der Waals surface area (Å²) in [5, 5.41) is 8.95. The molecule has 1 aromatic carbocycles. The van der Waals surface area contributed by atoms with Crippen LogP contribution in [0, 0.1) is 11.3 Å². The van der Waals surface area contributed by atoms with Crippen LogP contribution < -0.4 is 4.74 Å². The molecule has 0 bridgehead atoms. The van der Waals surface area contributed by atoms with Crippen molar-refractivity contribution < 1.29 is 28.4 Å². The van der Waals surface area contributed by atoms with E-state index in [0.29, 0.717) is 17.9 Å². The van der Waals surface area contributed by atoms with Gasteiger partial charge in [-0.15, -0.1) is 0 Å². The van der Waals surface area contributed by atoms with Gasteiger partial charge in [-0.05, 0) is 52.0 Å². The highest BCUT2D eigenvalue weighted by Gasteiger charge is 2.59. The fourth-order valence-corrected chi connectivity index (χ4v) is 3.58. The molecule has 7 nitrogen and oxygen atoms in total. The first-order valence-corrected chi connectivity index (χ1v) is 8.76. The fourth-order valence-electron chi connectivity index (χ4n) is 3.58. The van der Waals surface area contributed by atoms with Gasteiger partial charge in [-0.1, -0.05) is 0 Å². The minimum Gasteiger partial charge on any atom is -0.485 e. The summed E-state index contributed by atoms with van der Waals surface area (Å²) >= 11 is 0. The summed E-state index contributed by atoms with van der Waals surface area (Å²) in [7, 11) is 0. The Kier molecular flexibility index (Phi) is 4.21. The highest BCUT2D eigenvalue weighted by atomic mass is 16.8. The third-order valence-electron chi connectivity index (χ3n) is 4.68. The maximum Gasteiger partial charge on any atom is 0.191 e. The summed E-state index contributed by atoms with van der Waals surface area (Å²) in [5.41, 5.74) is 0.574. The fraction of sp³-hybridized carbons (Fsp3) is 0.632. The lowest BCUT2D eigenvalue weighted by Gasteiger charge is -2.29. The van der Waals surface area contributed by atoms with E-state index in [9.17, 15) is 0 Å². The van der Waals surface area contributed by atoms with Crippen molar-refractivity contribution in [2.75, 3.05) is 6.61 Å². The van der Waals surface area contributed by atoms with Crippen LogP contribution in [0.1, 0.15) is 33.3 Å². The summed E-state index contributed by atoms with van der Waals surface area (Å²) in [5.74, 6) is -0.764. The zero-order valence-corrected chi connectivity index (χ0v) is 15.3. The number of benzene rings is 1. The number of nitrogens with zero attached hydrogens (tertiary/aromatic N) is 1. The first kappa shape index (κ1) is 17.7. The molecule has 3 aliphatic rings. The first-order valence-electron chi connectivity index (χ1n) is 8.76. The topological polar surface area (TPSA) is 79.2 Å². The highest BCUT2D eigenvalue weighted by molar-refractivity contribution is 5.34. The second-order valence-corrected chi connectivity index (χ2v) is 7.66. The molecule has 3 aliphatic heterocycles. The Hall–Kier alpha value is -1.69. The van der Waals surface area contributed by atoms with Gasteiger partial charge in [0, 0.05) is 0 Å². The lowest BCUT2D eigenvalue weighted by molar-refractivity contribution is -0.230. The van der Waals surface area contributed by atoms with Crippen LogP contribution in [0.2, 0.25) is 0 Å². The van der Waals surface area contributed by atoms with Gasteiger partial charge in [0.1, 0.15) is 18.0 Å². The van der Waals surface area contributed by atoms with Gasteiger partial charge >= 0.3 is 0 Å². The zero-order valence-electron chi connectivity index (χ0n) is 15.3. The summed E-state index contributed by atoms with van der Waals surface area (Å²) < 4.78 is 35.8. The predicted molar refractivity (Wildman–Crippen MR) is 89.2 cm³/mol. The van der Waals surface area contributed by atoms with Crippen LogP contribution in [0.25, 0.3) is 0 Å². The van der Waals surface area contributed by atoms with Gasteiger partial charge in [-0.25, -0.2) is 0 Å². The summed E-state index contributed by atoms with van der Waals surface area (Å²) in [4.78, 5) is 0. The van der Waals surface area contributed by atoms with E-state index in [1.807, 2.05) is 27.7 Å². The molecule has 4 rings (SSSR count). The van der Waals surface area contributed by atoms with Gasteiger partial charge in [0.25, 0.3) is 0 Å². The zero-order chi connectivity index (χ0) is 18.5. The van der Waals surface area contributed by atoms with Crippen LogP contribution in [0.3, 0.4) is 0 Å². The second kappa shape index (κ2) is 6.19. The standard InChI is InChI=1S/C19H23NO6/c1-18(2)21-10-13(24-18)14-15(16-17(23-14)26-19(3,4)25-16)22-12-7-5-11(9-20)6-8-12/h5-8,13-17H,10H2,1-4H3/t13?,14-,15?,16-,17-/m1/s1. The SMILES string of the molecule is CC1(C)OCC([C@H]2O[C@@H]3OC(C)(C)O[C@@H]3C2Oc2ccc(C#N)cc2)O1. The van der Waals surface area contributed by atoms with Crippen molar-refractivity contribution in [2.45, 2.75) is 70.0 Å². The van der Waals surface area contributed by atoms with Crippen LogP contribution >= 0.6 is 0 Å². The van der Waals surface area contributed by atoms with E-state index >= 15 is 0 Å². The van der Waals surface area contributed by atoms with E-state index in [-0.39, 0.29) is 12.2 Å². The smallest absolute Gasteiger partial charge is 0.191 e. The van der Waals surface area contributed by atoms with Crippen molar-refractivity contribution in [3.8, 4) is 11.8 Å². The number of rotatable bonds is 3. The molecular formula is C19H23NO6. The molecule has 140 valence electrons. The van der Waals surface area contributed by atoms with Crippen molar-refractivity contribution >= 4 is 0 Å². The molecule has 0 spiro atoms. The van der Waals surface area contributed by atoms with Crippen LogP contribution in [-0.2, 0) is 23.7 Å². The Balaban J connectivity index is 1.56. The first-order chi connectivity index (χ1) is 12.3. The molecule has 0 aromatic heterocycles. The third-order valence-corrected chi connectivity index (χ3v) is 4.68. The molecule has 0 saturated carbocycles. The van der Waals surface area contributed by atoms with Crippen molar-refractivity contribution in [3.63, 3.8) is 0 Å². The lowest BCUT2D eigenvalue weighted by Crippen LogP contribution is -2.45. The molecule has 5 atom stereocenters. The van der Waals surface area contributed by atoms with Crippen LogP contribution in [-0.4, -0.2) is 48.9 Å². The molecule has 3 saturated heterocycles. The van der Waals surface area contributed by atoms with Crippen molar-refractivity contribution in [1.29, 1.82) is 5.26 Å². The normalized spacial score (nSPS) is 37.3. The number of ether oxygens (including phenoxy) is 6. The van der Waals surface area contributed by atoms with Gasteiger partial charge in [0.2, 0.25) is 0 Å². The van der Waals surface area contributed by atoms with Crippen LogP contribution in [0.4, 0.5) is 0 Å². The van der Waals surface area contributed by atoms with Crippen molar-refractivity contribution in [3.05, 3.63) is 29.8 Å². The lowest BCUT2D eigenvalue weighted by atomic mass is 10.1. The largest absolute Gasteiger partial charge is 0.485 e. The van der Waals surface area contributed by atoms with Crippen LogP contribution in [0.5, 0.6) is 5.75 Å². The minimum absolute atomic E-state index is 0.283. The molecule has 2 unspecified atom stereocenters. The molecule has 7 heteroatoms. The summed E-state index contributed by atoms with van der Waals surface area (Å²) in [6, 6.07) is 9.05. The number of hydrogen-bond acceptors (Lipinski definition) is 7. The van der Waals surface area contributed by atoms with Crippen molar-refractivity contribution in [2.24, 2.45) is 0 Å². The number of hydrogen-bond donors (Lipinski definition) is 0. The average molecular weight is 361 g/mol. The van der Waals surface area contributed by atoms with E-state index in [0.717, 1.165) is 0 Å². The average Bonchev–Trinajstić information content (AvgIpc) is 3.18. The van der Waals surface area contributed by atoms with Crippen LogP contribution in [0.15, 0.2) is 24.3 Å². The van der Waals surface area contributed by atoms with Gasteiger partial charge in [0.15, 0.2) is 30.1 Å². The van der Waals surface area contributed by atoms with E-state index in [2.05, 4.69) is 6.07 Å². The Morgan fingerprint density at radius 3 is 2.35 bits per heavy atom. The Bertz CT molecular complexity index is 710. The van der Waals surface area contributed by atoms with E-state index in [4.69, 9.17) is 33.7 Å². The molecule has 0 amide bonds. The number of nitriles is 1. The molecule has 26 heavy (non-hydrogen) atoms. The number of fused-ring (bicyclic) bond motifs is 1. The van der Waals surface area contributed by atoms with Gasteiger partial charge in [-0.2, -0.15) is 5.26 Å². The Morgan fingerprint density at radius 2 is 1.73 bits per heavy atom. The maximum absolute atomic E-state index is 8.95. The van der Waals surface area contributed by atoms with E-state index in [1.165, 1.54) is 0 Å². The molecule has 3 heterocycles. The monoisotopic (exact) mass is 361 g/mol. The minimum atomic E-state index is -0.737. The maximum atomic E-state index is 8.95. The summed E-state index contributed by atoms with van der Waals surface area (Å²) in [6.45, 7) is 7.85. The third kappa shape index (κ3) is 3.31. The molecular weight excluding hydrogens is 338 g/mol. The highest BCUT2D eigenvalue weighted by Crippen LogP contribution is 2.42. The summed E-state index contributed by atoms with van der Waals surface area (Å²) in [6.07, 6.45) is -1.99. The molecule has 0 aliphatic carbocycles. The molecule has 1 aromatic rings. The Labute approximate surface area is 152 Å². The quantitative estimate of drug-likeness (QED) is 0.817. The molecule has 3 fully saturated rings. The van der Waals surface area contributed by atoms with Gasteiger partial charge in [0.05, 0.1) is 18.2 Å². The molecule has 0 radical (unpaired) electrons. The molecule has 0 N–H and O–H groups in total. The van der Waals surface area contributed by atoms with Crippen molar-refractivity contribution in [1.82, 2.24) is 0 Å². The van der Waals surface area contributed by atoms with Gasteiger partial charge < -0.3 is 28.4 Å². The van der Waals surface area contributed by atoms with Gasteiger partial charge in [-0.3, -0.25) is 0 Å². The Morgan fingerprint density at radius 1 is 1.00 bits per heavy atom.